The molecule has 0 aromatic heterocycles. The van der Waals surface area contributed by atoms with E-state index in [0.717, 1.165) is 4.90 Å². The standard InChI is InChI=1S/C11H12Cl2N2O4S/c12-7-1-2-9(13)10(5-7)20(18,19)14-8-3-4-15(6-8)11(16)17/h1-2,5,8,14H,3-4,6H2,(H,16,17)/t8-/m1/s1. The Balaban J connectivity index is 2.16. The topological polar surface area (TPSA) is 86.7 Å². The molecule has 0 aliphatic carbocycles. The van der Waals surface area contributed by atoms with Gasteiger partial charge in [-0.1, -0.05) is 23.2 Å². The Morgan fingerprint density at radius 3 is 2.70 bits per heavy atom. The van der Waals surface area contributed by atoms with Gasteiger partial charge in [0.25, 0.3) is 0 Å². The number of hydrogen-bond acceptors (Lipinski definition) is 3. The van der Waals surface area contributed by atoms with Gasteiger partial charge >= 0.3 is 6.09 Å². The molecule has 2 N–H and O–H groups in total. The number of carboxylic acid groups (broad SMARTS) is 1. The monoisotopic (exact) mass is 338 g/mol. The van der Waals surface area contributed by atoms with Gasteiger partial charge < -0.3 is 10.0 Å². The Morgan fingerprint density at radius 1 is 1.40 bits per heavy atom. The van der Waals surface area contributed by atoms with Gasteiger partial charge in [-0.15, -0.1) is 0 Å². The fourth-order valence-electron chi connectivity index (χ4n) is 2.00. The number of nitrogens with one attached hydrogen (secondary N) is 1. The summed E-state index contributed by atoms with van der Waals surface area (Å²) in [6, 6.07) is 3.68. The van der Waals surface area contributed by atoms with Crippen LogP contribution < -0.4 is 4.72 Å². The summed E-state index contributed by atoms with van der Waals surface area (Å²) in [5, 5.41) is 9.16. The quantitative estimate of drug-likeness (QED) is 0.882. The third-order valence-corrected chi connectivity index (χ3v) is 5.20. The number of sulfonamides is 1. The average molecular weight is 339 g/mol. The maximum absolute atomic E-state index is 12.2. The summed E-state index contributed by atoms with van der Waals surface area (Å²) in [7, 11) is -3.83. The largest absolute Gasteiger partial charge is 0.465 e. The number of amides is 1. The van der Waals surface area contributed by atoms with Gasteiger partial charge in [-0.25, -0.2) is 17.9 Å². The van der Waals surface area contributed by atoms with E-state index in [1.54, 1.807) is 0 Å². The van der Waals surface area contributed by atoms with E-state index in [1.165, 1.54) is 18.2 Å². The molecular formula is C11H12Cl2N2O4S. The second-order valence-electron chi connectivity index (χ2n) is 4.41. The first-order valence-electron chi connectivity index (χ1n) is 5.75. The summed E-state index contributed by atoms with van der Waals surface area (Å²) >= 11 is 11.6. The lowest BCUT2D eigenvalue weighted by Crippen LogP contribution is -2.38. The van der Waals surface area contributed by atoms with Gasteiger partial charge in [0, 0.05) is 24.2 Å². The second-order valence-corrected chi connectivity index (χ2v) is 6.94. The molecule has 9 heteroatoms. The molecule has 1 heterocycles. The maximum Gasteiger partial charge on any atom is 0.407 e. The number of hydrogen-bond donors (Lipinski definition) is 2. The van der Waals surface area contributed by atoms with Crippen LogP contribution in [-0.4, -0.2) is 43.6 Å². The van der Waals surface area contributed by atoms with E-state index in [0.29, 0.717) is 13.0 Å². The first-order chi connectivity index (χ1) is 9.29. The van der Waals surface area contributed by atoms with Gasteiger partial charge in [-0.05, 0) is 24.6 Å². The van der Waals surface area contributed by atoms with Crippen LogP contribution >= 0.6 is 23.2 Å². The van der Waals surface area contributed by atoms with Crippen LogP contribution in [0.4, 0.5) is 4.79 Å². The number of likely N-dealkylation sites (tertiary alicyclic amines) is 1. The molecule has 2 rings (SSSR count). The molecule has 110 valence electrons. The van der Waals surface area contributed by atoms with E-state index in [9.17, 15) is 13.2 Å². The lowest BCUT2D eigenvalue weighted by Gasteiger charge is -2.15. The van der Waals surface area contributed by atoms with E-state index in [1.807, 2.05) is 0 Å². The van der Waals surface area contributed by atoms with Crippen LogP contribution in [0.5, 0.6) is 0 Å². The zero-order valence-corrected chi connectivity index (χ0v) is 12.5. The zero-order valence-electron chi connectivity index (χ0n) is 10.2. The minimum absolute atomic E-state index is 0.0648. The molecule has 0 radical (unpaired) electrons. The number of rotatable bonds is 3. The molecule has 0 saturated carbocycles. The highest BCUT2D eigenvalue weighted by Gasteiger charge is 2.30. The molecule has 0 unspecified atom stereocenters. The minimum Gasteiger partial charge on any atom is -0.465 e. The van der Waals surface area contributed by atoms with Crippen molar-refractivity contribution in [3.05, 3.63) is 28.2 Å². The normalized spacial score (nSPS) is 19.3. The van der Waals surface area contributed by atoms with Crippen molar-refractivity contribution < 1.29 is 18.3 Å². The third-order valence-electron chi connectivity index (χ3n) is 2.96. The molecule has 1 atom stereocenters. The SMILES string of the molecule is O=C(O)N1CC[C@@H](NS(=O)(=O)c2cc(Cl)ccc2Cl)C1. The Morgan fingerprint density at radius 2 is 2.10 bits per heavy atom. The third kappa shape index (κ3) is 3.35. The molecular weight excluding hydrogens is 327 g/mol. The fourth-order valence-corrected chi connectivity index (χ4v) is 4.02. The van der Waals surface area contributed by atoms with Crippen molar-refractivity contribution in [2.45, 2.75) is 17.4 Å². The molecule has 1 fully saturated rings. The highest BCUT2D eigenvalue weighted by atomic mass is 35.5. The van der Waals surface area contributed by atoms with Gasteiger partial charge in [-0.2, -0.15) is 0 Å². The van der Waals surface area contributed by atoms with Crippen molar-refractivity contribution in [1.82, 2.24) is 9.62 Å². The fraction of sp³-hybridized carbons (Fsp3) is 0.364. The van der Waals surface area contributed by atoms with Crippen molar-refractivity contribution in [3.63, 3.8) is 0 Å². The average Bonchev–Trinajstić information content (AvgIpc) is 2.80. The number of benzene rings is 1. The molecule has 0 spiro atoms. The molecule has 1 saturated heterocycles. The molecule has 1 aliphatic rings. The van der Waals surface area contributed by atoms with Crippen LogP contribution in [0.3, 0.4) is 0 Å². The van der Waals surface area contributed by atoms with E-state index in [4.69, 9.17) is 28.3 Å². The van der Waals surface area contributed by atoms with Gasteiger partial charge in [-0.3, -0.25) is 0 Å². The Hall–Kier alpha value is -1.02. The van der Waals surface area contributed by atoms with E-state index < -0.39 is 22.2 Å². The van der Waals surface area contributed by atoms with Gasteiger partial charge in [0.1, 0.15) is 4.90 Å². The van der Waals surface area contributed by atoms with Gasteiger partial charge in [0.15, 0.2) is 0 Å². The number of nitrogens with zero attached hydrogens (tertiary/aromatic N) is 1. The summed E-state index contributed by atoms with van der Waals surface area (Å²) < 4.78 is 26.9. The van der Waals surface area contributed by atoms with Crippen molar-refractivity contribution in [3.8, 4) is 0 Å². The Kier molecular flexibility index (Phi) is 4.43. The minimum atomic E-state index is -3.83. The molecule has 1 aromatic rings. The molecule has 20 heavy (non-hydrogen) atoms. The van der Waals surface area contributed by atoms with Crippen LogP contribution in [0.2, 0.25) is 10.0 Å². The second kappa shape index (κ2) is 5.77. The molecule has 1 aliphatic heterocycles. The first-order valence-corrected chi connectivity index (χ1v) is 7.99. The molecule has 1 aromatic carbocycles. The summed E-state index contributed by atoms with van der Waals surface area (Å²) in [4.78, 5) is 11.8. The summed E-state index contributed by atoms with van der Waals surface area (Å²) in [6.45, 7) is 0.415. The predicted molar refractivity (Wildman–Crippen MR) is 74.8 cm³/mol. The van der Waals surface area contributed by atoms with Crippen LogP contribution in [-0.2, 0) is 10.0 Å². The van der Waals surface area contributed by atoms with Crippen LogP contribution in [0.15, 0.2) is 23.1 Å². The lowest BCUT2D eigenvalue weighted by molar-refractivity contribution is 0.155. The van der Waals surface area contributed by atoms with Crippen molar-refractivity contribution in [1.29, 1.82) is 0 Å². The highest BCUT2D eigenvalue weighted by Crippen LogP contribution is 2.25. The zero-order chi connectivity index (χ0) is 14.9. The predicted octanol–water partition coefficient (Wildman–Crippen LogP) is 2.02. The van der Waals surface area contributed by atoms with Crippen LogP contribution in [0.1, 0.15) is 6.42 Å². The van der Waals surface area contributed by atoms with Crippen molar-refractivity contribution in [2.24, 2.45) is 0 Å². The van der Waals surface area contributed by atoms with E-state index in [2.05, 4.69) is 4.72 Å². The molecule has 0 bridgehead atoms. The van der Waals surface area contributed by atoms with Gasteiger partial charge in [0.2, 0.25) is 10.0 Å². The molecule has 1 amide bonds. The lowest BCUT2D eigenvalue weighted by atomic mass is 10.3. The summed E-state index contributed by atoms with van der Waals surface area (Å²) in [5.74, 6) is 0. The Labute approximate surface area is 126 Å². The van der Waals surface area contributed by atoms with Crippen molar-refractivity contribution in [2.75, 3.05) is 13.1 Å². The first kappa shape index (κ1) is 15.4. The number of carbonyl (C=O) groups is 1. The Bertz CT molecular complexity index is 635. The smallest absolute Gasteiger partial charge is 0.407 e. The van der Waals surface area contributed by atoms with Crippen LogP contribution in [0.25, 0.3) is 0 Å². The van der Waals surface area contributed by atoms with Crippen LogP contribution in [0, 0.1) is 0 Å². The van der Waals surface area contributed by atoms with Crippen molar-refractivity contribution >= 4 is 39.3 Å². The number of halogens is 2. The summed E-state index contributed by atoms with van der Waals surface area (Å²) in [6.07, 6.45) is -0.642. The van der Waals surface area contributed by atoms with Gasteiger partial charge in [0.05, 0.1) is 5.02 Å². The van der Waals surface area contributed by atoms with E-state index in [-0.39, 0.29) is 21.5 Å². The highest BCUT2D eigenvalue weighted by molar-refractivity contribution is 7.89. The maximum atomic E-state index is 12.2. The molecule has 6 nitrogen and oxygen atoms in total. The van der Waals surface area contributed by atoms with E-state index >= 15 is 0 Å². The summed E-state index contributed by atoms with van der Waals surface area (Å²) in [5.41, 5.74) is 0.